The molecule has 0 bridgehead atoms. The van der Waals surface area contributed by atoms with E-state index in [0.717, 1.165) is 36.4 Å². The number of amides is 4. The van der Waals surface area contributed by atoms with Crippen molar-refractivity contribution in [1.29, 1.82) is 0 Å². The highest BCUT2D eigenvalue weighted by molar-refractivity contribution is 6.24. The second kappa shape index (κ2) is 8.42. The Labute approximate surface area is 169 Å². The molecule has 2 saturated heterocycles. The minimum absolute atomic E-state index is 0.119. The Balaban J connectivity index is 1.40. The Morgan fingerprint density at radius 3 is 2.72 bits per heavy atom. The molecule has 0 aliphatic carbocycles. The van der Waals surface area contributed by atoms with Crippen molar-refractivity contribution in [2.45, 2.75) is 57.2 Å². The Bertz CT molecular complexity index is 847. The Morgan fingerprint density at radius 1 is 1.10 bits per heavy atom. The maximum Gasteiger partial charge on any atom is 0.262 e. The summed E-state index contributed by atoms with van der Waals surface area (Å²) in [5.41, 5.74) is 1.45. The molecular formula is C21H26N4O4. The number of carbonyl (C=O) groups is 4. The van der Waals surface area contributed by atoms with Gasteiger partial charge in [-0.2, -0.15) is 0 Å². The normalized spacial score (nSPS) is 24.2. The lowest BCUT2D eigenvalue weighted by molar-refractivity contribution is -0.136. The van der Waals surface area contributed by atoms with Crippen LogP contribution in [0.1, 0.15) is 64.8 Å². The molecule has 1 aromatic rings. The molecule has 0 aromatic heterocycles. The number of piperidine rings is 1. The van der Waals surface area contributed by atoms with Gasteiger partial charge in [0.1, 0.15) is 6.04 Å². The molecule has 0 radical (unpaired) electrons. The number of hydrogen-bond acceptors (Lipinski definition) is 6. The monoisotopic (exact) mass is 398 g/mol. The summed E-state index contributed by atoms with van der Waals surface area (Å²) in [7, 11) is 0. The van der Waals surface area contributed by atoms with E-state index >= 15 is 0 Å². The van der Waals surface area contributed by atoms with E-state index in [1.807, 2.05) is 6.07 Å². The summed E-state index contributed by atoms with van der Waals surface area (Å²) >= 11 is 0. The third kappa shape index (κ3) is 3.95. The predicted octanol–water partition coefficient (Wildman–Crippen LogP) is 0.710. The molecule has 0 saturated carbocycles. The predicted molar refractivity (Wildman–Crippen MR) is 105 cm³/mol. The highest BCUT2D eigenvalue weighted by Crippen LogP contribution is 2.29. The van der Waals surface area contributed by atoms with E-state index in [1.165, 1.54) is 12.8 Å². The summed E-state index contributed by atoms with van der Waals surface area (Å²) in [5, 5.41) is 9.07. The van der Waals surface area contributed by atoms with Gasteiger partial charge in [0.25, 0.3) is 11.8 Å². The maximum atomic E-state index is 13.0. The molecule has 3 N–H and O–H groups in total. The minimum atomic E-state index is -0.931. The standard InChI is InChI=1S/C21H26N4O4/c26-17-9-8-16(19(27)24-17)25-20(28)15-7-1-4-13(18(15)21(25)29)12-22-10-2-5-14-6-3-11-23-14/h1,4,7,14,16,22-23H,2-3,5-6,8-12H2,(H,24,26,27)/t14-,16?/m0/s1. The third-order valence-corrected chi connectivity index (χ3v) is 5.94. The van der Waals surface area contributed by atoms with Gasteiger partial charge in [-0.15, -0.1) is 0 Å². The van der Waals surface area contributed by atoms with Gasteiger partial charge in [0.05, 0.1) is 11.1 Å². The summed E-state index contributed by atoms with van der Waals surface area (Å²) in [4.78, 5) is 50.4. The number of fused-ring (bicyclic) bond motifs is 1. The van der Waals surface area contributed by atoms with Crippen LogP contribution in [0.5, 0.6) is 0 Å². The van der Waals surface area contributed by atoms with Crippen molar-refractivity contribution in [3.05, 3.63) is 34.9 Å². The van der Waals surface area contributed by atoms with Crippen LogP contribution >= 0.6 is 0 Å². The summed E-state index contributed by atoms with van der Waals surface area (Å²) < 4.78 is 0. The lowest BCUT2D eigenvalue weighted by Gasteiger charge is -2.27. The fraction of sp³-hybridized carbons (Fsp3) is 0.524. The number of nitrogens with one attached hydrogen (secondary N) is 3. The quantitative estimate of drug-likeness (QED) is 0.461. The summed E-state index contributed by atoms with van der Waals surface area (Å²) in [6, 6.07) is 4.90. The van der Waals surface area contributed by atoms with Crippen molar-refractivity contribution in [1.82, 2.24) is 20.9 Å². The van der Waals surface area contributed by atoms with Gasteiger partial charge >= 0.3 is 0 Å². The topological polar surface area (TPSA) is 108 Å². The summed E-state index contributed by atoms with van der Waals surface area (Å²) in [6.07, 6.45) is 4.93. The molecule has 1 unspecified atom stereocenters. The van der Waals surface area contributed by atoms with Crippen molar-refractivity contribution < 1.29 is 19.2 Å². The molecule has 3 aliphatic heterocycles. The van der Waals surface area contributed by atoms with Gasteiger partial charge in [-0.25, -0.2) is 0 Å². The highest BCUT2D eigenvalue weighted by atomic mass is 16.2. The summed E-state index contributed by atoms with van der Waals surface area (Å²) in [6.45, 7) is 2.43. The number of benzene rings is 1. The van der Waals surface area contributed by atoms with Crippen LogP contribution in [0, 0.1) is 0 Å². The average Bonchev–Trinajstić information content (AvgIpc) is 3.30. The molecule has 1 aromatic carbocycles. The fourth-order valence-electron chi connectivity index (χ4n) is 4.43. The van der Waals surface area contributed by atoms with Crippen LogP contribution in [0.3, 0.4) is 0 Å². The second-order valence-electron chi connectivity index (χ2n) is 7.90. The third-order valence-electron chi connectivity index (χ3n) is 5.94. The molecule has 4 rings (SSSR count). The van der Waals surface area contributed by atoms with Gasteiger partial charge in [-0.05, 0) is 56.8 Å². The number of rotatable bonds is 7. The summed E-state index contributed by atoms with van der Waals surface area (Å²) in [5.74, 6) is -1.88. The largest absolute Gasteiger partial charge is 0.314 e. The van der Waals surface area contributed by atoms with Gasteiger partial charge in [0, 0.05) is 19.0 Å². The van der Waals surface area contributed by atoms with Crippen molar-refractivity contribution in [3.63, 3.8) is 0 Å². The van der Waals surface area contributed by atoms with Crippen LogP contribution in [-0.4, -0.2) is 53.7 Å². The van der Waals surface area contributed by atoms with E-state index in [-0.39, 0.29) is 18.7 Å². The van der Waals surface area contributed by atoms with E-state index in [0.29, 0.717) is 23.7 Å². The molecular weight excluding hydrogens is 372 g/mol. The zero-order valence-corrected chi connectivity index (χ0v) is 16.3. The van der Waals surface area contributed by atoms with Crippen LogP contribution in [-0.2, 0) is 16.1 Å². The van der Waals surface area contributed by atoms with Crippen molar-refractivity contribution in [3.8, 4) is 0 Å². The molecule has 8 heteroatoms. The average molecular weight is 398 g/mol. The van der Waals surface area contributed by atoms with Crippen LogP contribution in [0.25, 0.3) is 0 Å². The minimum Gasteiger partial charge on any atom is -0.314 e. The van der Waals surface area contributed by atoms with Crippen LogP contribution in [0.15, 0.2) is 18.2 Å². The van der Waals surface area contributed by atoms with Crippen molar-refractivity contribution in [2.75, 3.05) is 13.1 Å². The van der Waals surface area contributed by atoms with Crippen molar-refractivity contribution >= 4 is 23.6 Å². The molecule has 154 valence electrons. The smallest absolute Gasteiger partial charge is 0.262 e. The van der Waals surface area contributed by atoms with Crippen molar-refractivity contribution in [2.24, 2.45) is 0 Å². The fourth-order valence-corrected chi connectivity index (χ4v) is 4.43. The molecule has 0 spiro atoms. The maximum absolute atomic E-state index is 13.0. The SMILES string of the molecule is O=C1CCC(N2C(=O)c3cccc(CNCCC[C@H]4CCCN4)c3C2=O)C(=O)N1. The lowest BCUT2D eigenvalue weighted by atomic mass is 10.0. The van der Waals surface area contributed by atoms with Gasteiger partial charge in [0.15, 0.2) is 0 Å². The molecule has 3 heterocycles. The molecule has 8 nitrogen and oxygen atoms in total. The first-order valence-corrected chi connectivity index (χ1v) is 10.3. The van der Waals surface area contributed by atoms with Gasteiger partial charge < -0.3 is 10.6 Å². The van der Waals surface area contributed by atoms with Gasteiger partial charge in [-0.1, -0.05) is 12.1 Å². The van der Waals surface area contributed by atoms with E-state index in [9.17, 15) is 19.2 Å². The first-order chi connectivity index (χ1) is 14.1. The second-order valence-corrected chi connectivity index (χ2v) is 7.90. The van der Waals surface area contributed by atoms with Crippen LogP contribution in [0.4, 0.5) is 0 Å². The Morgan fingerprint density at radius 2 is 1.97 bits per heavy atom. The zero-order valence-electron chi connectivity index (χ0n) is 16.3. The van der Waals surface area contributed by atoms with Crippen LogP contribution in [0.2, 0.25) is 0 Å². The molecule has 3 aliphatic rings. The lowest BCUT2D eigenvalue weighted by Crippen LogP contribution is -2.54. The first-order valence-electron chi connectivity index (χ1n) is 10.3. The van der Waals surface area contributed by atoms with E-state index in [2.05, 4.69) is 16.0 Å². The van der Waals surface area contributed by atoms with E-state index < -0.39 is 23.8 Å². The number of nitrogens with zero attached hydrogens (tertiary/aromatic N) is 1. The van der Waals surface area contributed by atoms with Gasteiger partial charge in [0.2, 0.25) is 11.8 Å². The Hall–Kier alpha value is -2.58. The molecule has 2 fully saturated rings. The molecule has 29 heavy (non-hydrogen) atoms. The Kier molecular flexibility index (Phi) is 5.73. The van der Waals surface area contributed by atoms with E-state index in [4.69, 9.17) is 0 Å². The van der Waals surface area contributed by atoms with E-state index in [1.54, 1.807) is 12.1 Å². The highest BCUT2D eigenvalue weighted by Gasteiger charge is 2.45. The number of carbonyl (C=O) groups excluding carboxylic acids is 4. The molecule has 4 amide bonds. The number of imide groups is 2. The molecule has 2 atom stereocenters. The number of hydrogen-bond donors (Lipinski definition) is 3. The van der Waals surface area contributed by atoms with Crippen LogP contribution < -0.4 is 16.0 Å². The first kappa shape index (κ1) is 19.7. The zero-order chi connectivity index (χ0) is 20.4. The van der Waals surface area contributed by atoms with Gasteiger partial charge in [-0.3, -0.25) is 29.4 Å².